The maximum absolute atomic E-state index is 12.9. The summed E-state index contributed by atoms with van der Waals surface area (Å²) in [6, 6.07) is 4.28. The van der Waals surface area contributed by atoms with E-state index in [-0.39, 0.29) is 41.1 Å². The van der Waals surface area contributed by atoms with Gasteiger partial charge in [-0.25, -0.2) is 18.0 Å². The molecule has 0 aliphatic heterocycles. The molecule has 0 radical (unpaired) electrons. The predicted octanol–water partition coefficient (Wildman–Crippen LogP) is 1.70. The minimum Gasteiger partial charge on any atom is -0.465 e. The number of carbonyl (C=O) groups is 3. The van der Waals surface area contributed by atoms with Crippen LogP contribution in [-0.4, -0.2) is 68.0 Å². The number of methoxy groups -OCH3 is 1. The summed E-state index contributed by atoms with van der Waals surface area (Å²) in [4.78, 5) is 52.6. The van der Waals surface area contributed by atoms with Crippen LogP contribution < -0.4 is 21.9 Å². The number of aromatic nitrogens is 2. The minimum atomic E-state index is -3.54. The van der Waals surface area contributed by atoms with Crippen LogP contribution in [0.1, 0.15) is 47.2 Å². The van der Waals surface area contributed by atoms with E-state index < -0.39 is 44.7 Å². The normalized spacial score (nSPS) is 11.8. The molecule has 0 fully saturated rings. The zero-order chi connectivity index (χ0) is 30.0. The summed E-state index contributed by atoms with van der Waals surface area (Å²) in [5, 5.41) is 5.55. The molecule has 5 N–H and O–H groups in total. The molecule has 216 valence electrons. The lowest BCUT2D eigenvalue weighted by Crippen LogP contribution is -2.37. The summed E-state index contributed by atoms with van der Waals surface area (Å²) in [7, 11) is -0.848. The fourth-order valence-electron chi connectivity index (χ4n) is 4.02. The summed E-state index contributed by atoms with van der Waals surface area (Å²) in [5.41, 5.74) is 6.53. The van der Waals surface area contributed by atoms with Gasteiger partial charge >= 0.3 is 12.1 Å². The third-order valence-electron chi connectivity index (χ3n) is 5.68. The highest BCUT2D eigenvalue weighted by Gasteiger charge is 2.22. The van der Waals surface area contributed by atoms with Crippen LogP contribution in [0.4, 0.5) is 10.5 Å². The van der Waals surface area contributed by atoms with Gasteiger partial charge in [0.15, 0.2) is 9.84 Å². The molecule has 0 spiro atoms. The first-order valence-electron chi connectivity index (χ1n) is 12.2. The van der Waals surface area contributed by atoms with Crippen molar-refractivity contribution in [3.05, 3.63) is 51.6 Å². The van der Waals surface area contributed by atoms with Crippen LogP contribution in [0.2, 0.25) is 0 Å². The largest absolute Gasteiger partial charge is 0.465 e. The molecule has 0 saturated heterocycles. The number of ether oxygens (including phenoxy) is 2. The summed E-state index contributed by atoms with van der Waals surface area (Å²) in [5.74, 6) is -1.72. The third kappa shape index (κ3) is 7.20. The number of carbonyl (C=O) groups excluding carboxylic acids is 3. The second-order valence-electron chi connectivity index (χ2n) is 10.3. The van der Waals surface area contributed by atoms with Gasteiger partial charge < -0.3 is 35.4 Å². The van der Waals surface area contributed by atoms with Gasteiger partial charge in [-0.2, -0.15) is 0 Å². The van der Waals surface area contributed by atoms with E-state index in [1.807, 2.05) is 0 Å². The predicted molar refractivity (Wildman–Crippen MR) is 150 cm³/mol. The fourth-order valence-corrected chi connectivity index (χ4v) is 4.82. The second-order valence-corrected chi connectivity index (χ2v) is 12.4. The number of nitrogen functional groups attached to an aromatic ring is 1. The first-order valence-corrected chi connectivity index (χ1v) is 14.2. The first-order chi connectivity index (χ1) is 18.5. The van der Waals surface area contributed by atoms with E-state index in [0.717, 1.165) is 6.26 Å². The highest BCUT2D eigenvalue weighted by molar-refractivity contribution is 7.89. The Kier molecular flexibility index (Phi) is 8.63. The third-order valence-corrected chi connectivity index (χ3v) is 6.51. The van der Waals surface area contributed by atoms with Crippen LogP contribution in [0.25, 0.3) is 22.0 Å². The summed E-state index contributed by atoms with van der Waals surface area (Å²) in [6.07, 6.45) is 1.93. The van der Waals surface area contributed by atoms with Crippen LogP contribution in [0.3, 0.4) is 0 Å². The van der Waals surface area contributed by atoms with Crippen LogP contribution in [0, 0.1) is 0 Å². The minimum absolute atomic E-state index is 0.00404. The second kappa shape index (κ2) is 11.4. The Bertz CT molecular complexity index is 1650. The van der Waals surface area contributed by atoms with E-state index in [9.17, 15) is 27.6 Å². The number of anilines is 1. The quantitative estimate of drug-likeness (QED) is 0.176. The van der Waals surface area contributed by atoms with Gasteiger partial charge in [-0.15, -0.1) is 0 Å². The molecule has 0 atom stereocenters. The molecule has 2 heterocycles. The number of alkyl carbamates (subject to hydrolysis) is 1. The average molecular weight is 576 g/mol. The van der Waals surface area contributed by atoms with Gasteiger partial charge in [0.2, 0.25) is 0 Å². The highest BCUT2D eigenvalue weighted by Crippen LogP contribution is 2.34. The highest BCUT2D eigenvalue weighted by atomic mass is 32.2. The van der Waals surface area contributed by atoms with E-state index in [1.165, 1.54) is 43.1 Å². The topological polar surface area (TPSA) is 192 Å². The van der Waals surface area contributed by atoms with Gasteiger partial charge in [0.25, 0.3) is 11.5 Å². The number of sulfone groups is 1. The maximum Gasteiger partial charge on any atom is 0.407 e. The lowest BCUT2D eigenvalue weighted by atomic mass is 9.96. The van der Waals surface area contributed by atoms with Gasteiger partial charge in [0.1, 0.15) is 16.8 Å². The van der Waals surface area contributed by atoms with Crippen LogP contribution >= 0.6 is 0 Å². The lowest BCUT2D eigenvalue weighted by Gasteiger charge is -2.19. The number of benzene rings is 1. The number of nitrogens with two attached hydrogens (primary N) is 1. The SMILES string of the molecule is COC(=O)c1cc(N)c(-c2cn(C)c(=O)c3[nH]c(C(=O)NCCNC(=O)OC(C)(C)C)cc23)cc1CS(C)(=O)=O. The number of rotatable bonds is 8. The Balaban J connectivity index is 1.98. The number of hydrogen-bond donors (Lipinski definition) is 4. The molecule has 14 heteroatoms. The molecule has 0 unspecified atom stereocenters. The summed E-state index contributed by atoms with van der Waals surface area (Å²) >= 11 is 0. The number of aryl methyl sites for hydroxylation is 1. The zero-order valence-corrected chi connectivity index (χ0v) is 23.9. The molecule has 2 aromatic heterocycles. The Hall–Kier alpha value is -4.33. The van der Waals surface area contributed by atoms with Crippen molar-refractivity contribution < 1.29 is 32.3 Å². The first kappa shape index (κ1) is 30.2. The van der Waals surface area contributed by atoms with Crippen molar-refractivity contribution in [2.24, 2.45) is 7.05 Å². The van der Waals surface area contributed by atoms with Crippen LogP contribution in [0.5, 0.6) is 0 Å². The lowest BCUT2D eigenvalue weighted by molar-refractivity contribution is 0.0525. The van der Waals surface area contributed by atoms with Crippen molar-refractivity contribution >= 4 is 44.4 Å². The zero-order valence-electron chi connectivity index (χ0n) is 23.1. The number of H-pyrrole nitrogens is 1. The molecule has 3 rings (SSSR count). The number of nitrogens with zero attached hydrogens (tertiary/aromatic N) is 1. The Morgan fingerprint density at radius 2 is 1.73 bits per heavy atom. The van der Waals surface area contributed by atoms with E-state index in [2.05, 4.69) is 15.6 Å². The van der Waals surface area contributed by atoms with E-state index >= 15 is 0 Å². The van der Waals surface area contributed by atoms with Gasteiger partial charge in [0, 0.05) is 54.8 Å². The van der Waals surface area contributed by atoms with Crippen LogP contribution in [-0.2, 0) is 32.1 Å². The molecule has 2 amide bonds. The number of esters is 1. The average Bonchev–Trinajstić information content (AvgIpc) is 3.28. The van der Waals surface area contributed by atoms with Crippen molar-refractivity contribution in [1.82, 2.24) is 20.2 Å². The number of aromatic amines is 1. The summed E-state index contributed by atoms with van der Waals surface area (Å²) in [6.45, 7) is 5.40. The molecule has 3 aromatic rings. The number of amides is 2. The van der Waals surface area contributed by atoms with Gasteiger partial charge in [-0.05, 0) is 44.5 Å². The van der Waals surface area contributed by atoms with E-state index in [1.54, 1.807) is 20.8 Å². The molecule has 0 saturated carbocycles. The van der Waals surface area contributed by atoms with Crippen molar-refractivity contribution in [2.45, 2.75) is 32.1 Å². The standard InChI is InChI=1S/C26H33N5O8S/c1-26(2,3)39-25(35)29-8-7-28-22(32)20-11-17-18(12-31(4)23(33)21(17)30-20)16-9-14(13-40(6,36)37)15(10-19(16)27)24(34)38-5/h9-12,30H,7-8,13,27H2,1-6H3,(H,28,32)(H,29,35). The van der Waals surface area contributed by atoms with Gasteiger partial charge in [-0.3, -0.25) is 9.59 Å². The van der Waals surface area contributed by atoms with E-state index in [0.29, 0.717) is 16.5 Å². The molecule has 0 aliphatic rings. The number of fused-ring (bicyclic) bond motifs is 1. The molecule has 1 aromatic carbocycles. The number of nitrogens with one attached hydrogen (secondary N) is 3. The Morgan fingerprint density at radius 3 is 2.33 bits per heavy atom. The molecule has 40 heavy (non-hydrogen) atoms. The van der Waals surface area contributed by atoms with Gasteiger partial charge in [-0.1, -0.05) is 0 Å². The maximum atomic E-state index is 12.9. The van der Waals surface area contributed by atoms with Crippen molar-refractivity contribution in [3.63, 3.8) is 0 Å². The Morgan fingerprint density at radius 1 is 1.07 bits per heavy atom. The monoisotopic (exact) mass is 575 g/mol. The van der Waals surface area contributed by atoms with Crippen molar-refractivity contribution in [3.8, 4) is 11.1 Å². The number of hydrogen-bond acceptors (Lipinski definition) is 9. The molecule has 0 bridgehead atoms. The molecular formula is C26H33N5O8S. The summed E-state index contributed by atoms with van der Waals surface area (Å²) < 4.78 is 35.4. The van der Waals surface area contributed by atoms with E-state index in [4.69, 9.17) is 15.2 Å². The number of pyridine rings is 1. The van der Waals surface area contributed by atoms with Gasteiger partial charge in [0.05, 0.1) is 18.4 Å². The fraction of sp³-hybridized carbons (Fsp3) is 0.385. The molecule has 13 nitrogen and oxygen atoms in total. The molecular weight excluding hydrogens is 542 g/mol. The van der Waals surface area contributed by atoms with Crippen molar-refractivity contribution in [2.75, 3.05) is 32.2 Å². The van der Waals surface area contributed by atoms with Crippen LogP contribution in [0.15, 0.2) is 29.2 Å². The molecule has 0 aliphatic carbocycles. The van der Waals surface area contributed by atoms with Crippen molar-refractivity contribution in [1.29, 1.82) is 0 Å². The Labute approximate surface area is 230 Å². The smallest absolute Gasteiger partial charge is 0.407 e.